The van der Waals surface area contributed by atoms with Crippen LogP contribution in [0.15, 0.2) is 33.3 Å². The molecule has 1 aromatic carbocycles. The van der Waals surface area contributed by atoms with Crippen molar-refractivity contribution >= 4 is 32.8 Å². The number of fused-ring (bicyclic) bond motifs is 1. The van der Waals surface area contributed by atoms with Crippen LogP contribution in [0.25, 0.3) is 22.2 Å². The van der Waals surface area contributed by atoms with Crippen molar-refractivity contribution in [2.24, 2.45) is 11.7 Å². The van der Waals surface area contributed by atoms with E-state index in [9.17, 15) is 9.90 Å². The van der Waals surface area contributed by atoms with Gasteiger partial charge in [-0.05, 0) is 27.9 Å². The van der Waals surface area contributed by atoms with Gasteiger partial charge in [0, 0.05) is 21.6 Å². The van der Waals surface area contributed by atoms with E-state index in [0.29, 0.717) is 5.56 Å². The normalized spacial score (nSPS) is 12.9. The van der Waals surface area contributed by atoms with Crippen molar-refractivity contribution in [1.29, 1.82) is 0 Å². The zero-order valence-electron chi connectivity index (χ0n) is 12.6. The molecule has 3 aromatic rings. The Kier molecular flexibility index (Phi) is 3.99. The highest BCUT2D eigenvalue weighted by Crippen LogP contribution is 2.35. The number of hydrogen-bond donors (Lipinski definition) is 3. The Labute approximate surface area is 140 Å². The standard InChI is InChI=1S/C16H16BrN3O3/c1-7(2)11(18)15-20-13(16(21)22)14(23-15)9-6-19-12-8(9)4-3-5-10(12)17/h3-7,11,19H,18H2,1-2H3,(H,21,22)/t11-/m0/s1. The minimum absolute atomic E-state index is 0.0836. The third-order valence-corrected chi connectivity index (χ3v) is 4.42. The van der Waals surface area contributed by atoms with Gasteiger partial charge in [-0.1, -0.05) is 26.0 Å². The van der Waals surface area contributed by atoms with Crippen molar-refractivity contribution in [3.63, 3.8) is 0 Å². The van der Waals surface area contributed by atoms with E-state index in [1.807, 2.05) is 32.0 Å². The maximum atomic E-state index is 11.5. The molecule has 0 saturated carbocycles. The Morgan fingerprint density at radius 1 is 1.43 bits per heavy atom. The molecule has 0 aliphatic rings. The van der Waals surface area contributed by atoms with Gasteiger partial charge in [0.2, 0.25) is 5.89 Å². The highest BCUT2D eigenvalue weighted by Gasteiger charge is 2.26. The van der Waals surface area contributed by atoms with E-state index in [4.69, 9.17) is 10.2 Å². The highest BCUT2D eigenvalue weighted by atomic mass is 79.9. The van der Waals surface area contributed by atoms with Crippen LogP contribution in [0, 0.1) is 5.92 Å². The first-order chi connectivity index (χ1) is 10.9. The first kappa shape index (κ1) is 15.8. The van der Waals surface area contributed by atoms with Crippen LogP contribution in [-0.2, 0) is 0 Å². The lowest BCUT2D eigenvalue weighted by Gasteiger charge is -2.10. The molecule has 2 heterocycles. The van der Waals surface area contributed by atoms with Crippen molar-refractivity contribution in [1.82, 2.24) is 9.97 Å². The number of H-pyrrole nitrogens is 1. The number of oxazole rings is 1. The molecule has 0 aliphatic heterocycles. The van der Waals surface area contributed by atoms with Crippen LogP contribution >= 0.6 is 15.9 Å². The molecule has 6 nitrogen and oxygen atoms in total. The molecule has 120 valence electrons. The fraction of sp³-hybridized carbons (Fsp3) is 0.250. The summed E-state index contributed by atoms with van der Waals surface area (Å²) in [5.74, 6) is -0.611. The zero-order valence-corrected chi connectivity index (χ0v) is 14.2. The van der Waals surface area contributed by atoms with Gasteiger partial charge in [-0.15, -0.1) is 0 Å². The number of aromatic carboxylic acids is 1. The van der Waals surface area contributed by atoms with E-state index in [1.54, 1.807) is 6.20 Å². The van der Waals surface area contributed by atoms with Crippen molar-refractivity contribution in [2.45, 2.75) is 19.9 Å². The summed E-state index contributed by atoms with van der Waals surface area (Å²) in [5, 5.41) is 10.3. The van der Waals surface area contributed by atoms with Crippen molar-refractivity contribution in [3.05, 3.63) is 40.5 Å². The molecule has 2 aromatic heterocycles. The summed E-state index contributed by atoms with van der Waals surface area (Å²) in [6.07, 6.45) is 1.72. The maximum Gasteiger partial charge on any atom is 0.358 e. The lowest BCUT2D eigenvalue weighted by molar-refractivity contribution is 0.0691. The molecule has 0 bridgehead atoms. The quantitative estimate of drug-likeness (QED) is 0.638. The largest absolute Gasteiger partial charge is 0.476 e. The van der Waals surface area contributed by atoms with Gasteiger partial charge in [-0.3, -0.25) is 0 Å². The summed E-state index contributed by atoms with van der Waals surface area (Å²) in [6, 6.07) is 5.21. The Hall–Kier alpha value is -2.12. The molecule has 0 unspecified atom stereocenters. The SMILES string of the molecule is CC(C)[C@H](N)c1nc(C(=O)O)c(-c2c[nH]c3c(Br)cccc23)o1. The number of rotatable bonds is 4. The van der Waals surface area contributed by atoms with E-state index in [0.717, 1.165) is 15.4 Å². The Bertz CT molecular complexity index is 882. The van der Waals surface area contributed by atoms with Gasteiger partial charge in [0.1, 0.15) is 0 Å². The van der Waals surface area contributed by atoms with E-state index < -0.39 is 12.0 Å². The molecule has 0 fully saturated rings. The summed E-state index contributed by atoms with van der Waals surface area (Å²) < 4.78 is 6.63. The number of benzene rings is 1. The second-order valence-corrected chi connectivity index (χ2v) is 6.52. The van der Waals surface area contributed by atoms with Crippen LogP contribution in [-0.4, -0.2) is 21.0 Å². The average Bonchev–Trinajstić information content (AvgIpc) is 3.10. The van der Waals surface area contributed by atoms with E-state index >= 15 is 0 Å². The summed E-state index contributed by atoms with van der Waals surface area (Å²) in [6.45, 7) is 3.86. The number of nitrogens with one attached hydrogen (secondary N) is 1. The summed E-state index contributed by atoms with van der Waals surface area (Å²) >= 11 is 3.46. The number of nitrogens with zero attached hydrogens (tertiary/aromatic N) is 1. The second kappa shape index (κ2) is 5.82. The first-order valence-corrected chi connectivity index (χ1v) is 7.95. The molecule has 3 rings (SSSR count). The number of aromatic nitrogens is 2. The van der Waals surface area contributed by atoms with Crippen molar-refractivity contribution in [3.8, 4) is 11.3 Å². The number of hydrogen-bond acceptors (Lipinski definition) is 4. The molecule has 0 amide bonds. The highest BCUT2D eigenvalue weighted by molar-refractivity contribution is 9.10. The Balaban J connectivity index is 2.21. The molecule has 0 aliphatic carbocycles. The second-order valence-electron chi connectivity index (χ2n) is 5.67. The minimum Gasteiger partial charge on any atom is -0.476 e. The van der Waals surface area contributed by atoms with Gasteiger partial charge in [-0.25, -0.2) is 9.78 Å². The Morgan fingerprint density at radius 2 is 2.17 bits per heavy atom. The number of aromatic amines is 1. The van der Waals surface area contributed by atoms with Gasteiger partial charge >= 0.3 is 5.97 Å². The molecule has 0 spiro atoms. The van der Waals surface area contributed by atoms with Gasteiger partial charge in [0.25, 0.3) is 0 Å². The predicted octanol–water partition coefficient (Wildman–Crippen LogP) is 3.94. The molecule has 4 N–H and O–H groups in total. The van der Waals surface area contributed by atoms with Crippen LogP contribution < -0.4 is 5.73 Å². The van der Waals surface area contributed by atoms with Gasteiger partial charge in [0.15, 0.2) is 11.5 Å². The monoisotopic (exact) mass is 377 g/mol. The minimum atomic E-state index is -1.14. The fourth-order valence-electron chi connectivity index (χ4n) is 2.40. The fourth-order valence-corrected chi connectivity index (χ4v) is 2.88. The molecule has 1 atom stereocenters. The number of halogens is 1. The van der Waals surface area contributed by atoms with Crippen LogP contribution in [0.4, 0.5) is 0 Å². The number of nitrogens with two attached hydrogens (primary N) is 1. The van der Waals surface area contributed by atoms with E-state index in [2.05, 4.69) is 25.9 Å². The molecule has 0 radical (unpaired) electrons. The summed E-state index contributed by atoms with van der Waals surface area (Å²) in [7, 11) is 0. The molecule has 7 heteroatoms. The number of carboxylic acid groups (broad SMARTS) is 1. The topological polar surface area (TPSA) is 105 Å². The third kappa shape index (κ3) is 2.66. The lowest BCUT2D eigenvalue weighted by atomic mass is 10.1. The van der Waals surface area contributed by atoms with Crippen LogP contribution in [0.2, 0.25) is 0 Å². The smallest absolute Gasteiger partial charge is 0.358 e. The maximum absolute atomic E-state index is 11.5. The number of para-hydroxylation sites is 1. The predicted molar refractivity (Wildman–Crippen MR) is 90.2 cm³/mol. The van der Waals surface area contributed by atoms with Gasteiger partial charge in [0.05, 0.1) is 11.6 Å². The van der Waals surface area contributed by atoms with Crippen LogP contribution in [0.5, 0.6) is 0 Å². The molecule has 23 heavy (non-hydrogen) atoms. The first-order valence-electron chi connectivity index (χ1n) is 7.15. The molecular formula is C16H16BrN3O3. The number of carboxylic acids is 1. The van der Waals surface area contributed by atoms with Crippen molar-refractivity contribution < 1.29 is 14.3 Å². The Morgan fingerprint density at radius 3 is 2.83 bits per heavy atom. The zero-order chi connectivity index (χ0) is 16.7. The number of carbonyl (C=O) groups is 1. The van der Waals surface area contributed by atoms with E-state index in [-0.39, 0.29) is 23.3 Å². The third-order valence-electron chi connectivity index (χ3n) is 3.76. The summed E-state index contributed by atoms with van der Waals surface area (Å²) in [4.78, 5) is 18.8. The molecular weight excluding hydrogens is 362 g/mol. The lowest BCUT2D eigenvalue weighted by Crippen LogP contribution is -2.17. The van der Waals surface area contributed by atoms with Gasteiger partial charge in [-0.2, -0.15) is 0 Å². The summed E-state index contributed by atoms with van der Waals surface area (Å²) in [5.41, 5.74) is 7.43. The van der Waals surface area contributed by atoms with Crippen LogP contribution in [0.3, 0.4) is 0 Å². The van der Waals surface area contributed by atoms with E-state index in [1.165, 1.54) is 0 Å². The average molecular weight is 378 g/mol. The van der Waals surface area contributed by atoms with Crippen molar-refractivity contribution in [2.75, 3.05) is 0 Å². The molecule has 0 saturated heterocycles. The van der Waals surface area contributed by atoms with Crippen LogP contribution in [0.1, 0.15) is 36.3 Å². The van der Waals surface area contributed by atoms with Gasteiger partial charge < -0.3 is 20.2 Å².